The van der Waals surface area contributed by atoms with Gasteiger partial charge in [-0.2, -0.15) is 0 Å². The van der Waals surface area contributed by atoms with Crippen LogP contribution in [0, 0.1) is 0 Å². The minimum Gasteiger partial charge on any atom is -0.394 e. The van der Waals surface area contributed by atoms with E-state index >= 15 is 0 Å². The molecule has 0 aliphatic rings. The first-order valence-corrected chi connectivity index (χ1v) is 25.7. The van der Waals surface area contributed by atoms with Crippen LogP contribution in [0.1, 0.15) is 303 Å². The average molecular weight is 778 g/mol. The van der Waals surface area contributed by atoms with Crippen LogP contribution >= 0.6 is 0 Å². The summed E-state index contributed by atoms with van der Waals surface area (Å²) in [7, 11) is 0. The lowest BCUT2D eigenvalue weighted by molar-refractivity contribution is -0.123. The van der Waals surface area contributed by atoms with E-state index in [1.165, 1.54) is 250 Å². The highest BCUT2D eigenvalue weighted by atomic mass is 16.3. The standard InChI is InChI=1S/C51H103NO3/c1-3-5-7-9-11-12-13-14-15-16-17-18-19-20-21-22-23-24-25-26-27-28-29-30-31-32-33-34-35-36-37-38-39-41-43-45-47-51(55)52-49(48-53)50(54)46-44-42-40-10-8-6-4-2/h49-50,53-54H,3-48H2,1-2H3,(H,52,55). The zero-order valence-electron chi connectivity index (χ0n) is 38.0. The summed E-state index contributed by atoms with van der Waals surface area (Å²) in [6.07, 6.45) is 59.7. The van der Waals surface area contributed by atoms with Crippen LogP contribution in [0.5, 0.6) is 0 Å². The summed E-state index contributed by atoms with van der Waals surface area (Å²) in [4.78, 5) is 12.3. The Bertz CT molecular complexity index is 714. The van der Waals surface area contributed by atoms with Crippen molar-refractivity contribution >= 4 is 5.91 Å². The molecule has 0 aromatic carbocycles. The molecule has 4 heteroatoms. The molecule has 0 rings (SSSR count). The molecule has 0 saturated heterocycles. The van der Waals surface area contributed by atoms with E-state index < -0.39 is 12.1 Å². The quantitative estimate of drug-likeness (QED) is 0.0539. The van der Waals surface area contributed by atoms with Crippen molar-refractivity contribution < 1.29 is 15.0 Å². The fourth-order valence-electron chi connectivity index (χ4n) is 8.42. The molecule has 55 heavy (non-hydrogen) atoms. The number of aliphatic hydroxyl groups excluding tert-OH is 2. The fraction of sp³-hybridized carbons (Fsp3) is 0.980. The monoisotopic (exact) mass is 778 g/mol. The van der Waals surface area contributed by atoms with Crippen LogP contribution in [0.2, 0.25) is 0 Å². The Morgan fingerprint density at radius 2 is 0.582 bits per heavy atom. The molecule has 0 aromatic heterocycles. The highest BCUT2D eigenvalue weighted by molar-refractivity contribution is 5.76. The molecule has 4 nitrogen and oxygen atoms in total. The van der Waals surface area contributed by atoms with E-state index in [1.54, 1.807) is 0 Å². The van der Waals surface area contributed by atoms with Crippen molar-refractivity contribution in [3.05, 3.63) is 0 Å². The Balaban J connectivity index is 3.27. The highest BCUT2D eigenvalue weighted by Gasteiger charge is 2.20. The Labute approximate surface area is 346 Å². The predicted octanol–water partition coefficient (Wildman–Crippen LogP) is 16.4. The van der Waals surface area contributed by atoms with Gasteiger partial charge in [0.2, 0.25) is 5.91 Å². The molecule has 0 aromatic rings. The van der Waals surface area contributed by atoms with Gasteiger partial charge in [-0.1, -0.05) is 284 Å². The van der Waals surface area contributed by atoms with Gasteiger partial charge in [0, 0.05) is 6.42 Å². The third-order valence-corrected chi connectivity index (χ3v) is 12.4. The van der Waals surface area contributed by atoms with Crippen LogP contribution < -0.4 is 5.32 Å². The Morgan fingerprint density at radius 1 is 0.364 bits per heavy atom. The number of carbonyl (C=O) groups is 1. The molecule has 0 aliphatic carbocycles. The number of carbonyl (C=O) groups excluding carboxylic acids is 1. The van der Waals surface area contributed by atoms with Crippen molar-refractivity contribution in [2.75, 3.05) is 6.61 Å². The van der Waals surface area contributed by atoms with E-state index in [9.17, 15) is 15.0 Å². The number of aliphatic hydroxyl groups is 2. The Hall–Kier alpha value is -0.610. The lowest BCUT2D eigenvalue weighted by atomic mass is 10.0. The molecule has 0 bridgehead atoms. The van der Waals surface area contributed by atoms with Gasteiger partial charge in [0.25, 0.3) is 0 Å². The van der Waals surface area contributed by atoms with Crippen LogP contribution in [0.25, 0.3) is 0 Å². The van der Waals surface area contributed by atoms with Crippen LogP contribution in [0.15, 0.2) is 0 Å². The molecule has 0 aliphatic heterocycles. The average Bonchev–Trinajstić information content (AvgIpc) is 3.19. The third-order valence-electron chi connectivity index (χ3n) is 12.4. The molecule has 0 radical (unpaired) electrons. The van der Waals surface area contributed by atoms with Gasteiger partial charge in [0.15, 0.2) is 0 Å². The summed E-state index contributed by atoms with van der Waals surface area (Å²) in [6.45, 7) is 4.34. The number of rotatable bonds is 48. The molecule has 2 unspecified atom stereocenters. The minimum absolute atomic E-state index is 0.0288. The van der Waals surface area contributed by atoms with Crippen LogP contribution in [0.4, 0.5) is 0 Å². The van der Waals surface area contributed by atoms with Gasteiger partial charge in [0.05, 0.1) is 18.8 Å². The van der Waals surface area contributed by atoms with Gasteiger partial charge in [-0.05, 0) is 12.8 Å². The molecule has 0 fully saturated rings. The number of hydrogen-bond acceptors (Lipinski definition) is 3. The largest absolute Gasteiger partial charge is 0.394 e. The van der Waals surface area contributed by atoms with Crippen LogP contribution in [-0.2, 0) is 4.79 Å². The van der Waals surface area contributed by atoms with Crippen LogP contribution in [-0.4, -0.2) is 34.9 Å². The van der Waals surface area contributed by atoms with Crippen molar-refractivity contribution in [2.45, 2.75) is 315 Å². The lowest BCUT2D eigenvalue weighted by Gasteiger charge is -2.22. The molecule has 2 atom stereocenters. The normalized spacial score (nSPS) is 12.7. The number of unbranched alkanes of at least 4 members (excludes halogenated alkanes) is 41. The van der Waals surface area contributed by atoms with E-state index in [2.05, 4.69) is 19.2 Å². The zero-order valence-corrected chi connectivity index (χ0v) is 38.0. The van der Waals surface area contributed by atoms with Crippen molar-refractivity contribution in [1.82, 2.24) is 5.32 Å². The lowest BCUT2D eigenvalue weighted by Crippen LogP contribution is -2.45. The van der Waals surface area contributed by atoms with E-state index in [1.807, 2.05) is 0 Å². The van der Waals surface area contributed by atoms with E-state index in [4.69, 9.17) is 0 Å². The predicted molar refractivity (Wildman–Crippen MR) is 244 cm³/mol. The number of amides is 1. The molecular weight excluding hydrogens is 675 g/mol. The maximum absolute atomic E-state index is 12.3. The van der Waals surface area contributed by atoms with Gasteiger partial charge in [-0.3, -0.25) is 4.79 Å². The fourth-order valence-corrected chi connectivity index (χ4v) is 8.42. The summed E-state index contributed by atoms with van der Waals surface area (Å²) in [6, 6.07) is -0.527. The van der Waals surface area contributed by atoms with Gasteiger partial charge in [-0.15, -0.1) is 0 Å². The van der Waals surface area contributed by atoms with Gasteiger partial charge in [0.1, 0.15) is 0 Å². The summed E-state index contributed by atoms with van der Waals surface area (Å²) in [5, 5.41) is 23.0. The second kappa shape index (κ2) is 47.8. The summed E-state index contributed by atoms with van der Waals surface area (Å²) in [5.41, 5.74) is 0. The highest BCUT2D eigenvalue weighted by Crippen LogP contribution is 2.18. The Kier molecular flexibility index (Phi) is 47.2. The summed E-state index contributed by atoms with van der Waals surface area (Å²) >= 11 is 0. The number of hydrogen-bond donors (Lipinski definition) is 3. The smallest absolute Gasteiger partial charge is 0.220 e. The second-order valence-electron chi connectivity index (χ2n) is 18.0. The van der Waals surface area contributed by atoms with E-state index in [0.717, 1.165) is 25.7 Å². The van der Waals surface area contributed by atoms with Crippen molar-refractivity contribution in [3.8, 4) is 0 Å². The molecule has 0 spiro atoms. The van der Waals surface area contributed by atoms with Crippen molar-refractivity contribution in [2.24, 2.45) is 0 Å². The first-order valence-electron chi connectivity index (χ1n) is 25.7. The van der Waals surface area contributed by atoms with Gasteiger partial charge < -0.3 is 15.5 Å². The first-order chi connectivity index (χ1) is 27.2. The van der Waals surface area contributed by atoms with E-state index in [0.29, 0.717) is 12.8 Å². The van der Waals surface area contributed by atoms with Crippen LogP contribution in [0.3, 0.4) is 0 Å². The van der Waals surface area contributed by atoms with E-state index in [-0.39, 0.29) is 12.5 Å². The zero-order chi connectivity index (χ0) is 40.0. The Morgan fingerprint density at radius 3 is 0.818 bits per heavy atom. The molecular formula is C51H103NO3. The first kappa shape index (κ1) is 54.4. The summed E-state index contributed by atoms with van der Waals surface area (Å²) in [5.74, 6) is -0.0288. The summed E-state index contributed by atoms with van der Waals surface area (Å²) < 4.78 is 0. The van der Waals surface area contributed by atoms with Gasteiger partial charge >= 0.3 is 0 Å². The second-order valence-corrected chi connectivity index (χ2v) is 18.0. The minimum atomic E-state index is -0.651. The number of nitrogens with one attached hydrogen (secondary N) is 1. The maximum Gasteiger partial charge on any atom is 0.220 e. The molecule has 0 heterocycles. The molecule has 0 saturated carbocycles. The molecule has 3 N–H and O–H groups in total. The van der Waals surface area contributed by atoms with Crippen molar-refractivity contribution in [1.29, 1.82) is 0 Å². The molecule has 330 valence electrons. The third kappa shape index (κ3) is 44.3. The SMILES string of the molecule is CCCCCCCCCCCCCCCCCCCCCCCCCCCCCCCCCCCCCCC(=O)NC(CO)C(O)CCCCCCCCC. The molecule has 1 amide bonds. The van der Waals surface area contributed by atoms with Gasteiger partial charge in [-0.25, -0.2) is 0 Å². The topological polar surface area (TPSA) is 69.6 Å². The van der Waals surface area contributed by atoms with Crippen molar-refractivity contribution in [3.63, 3.8) is 0 Å². The maximum atomic E-state index is 12.3.